The van der Waals surface area contributed by atoms with Gasteiger partial charge in [0.05, 0.1) is 5.92 Å². The Morgan fingerprint density at radius 2 is 1.76 bits per heavy atom. The predicted octanol–water partition coefficient (Wildman–Crippen LogP) is 3.12. The molecule has 2 amide bonds. The molecule has 0 spiro atoms. The number of carbonyl (C=O) groups is 2. The third kappa shape index (κ3) is 5.67. The van der Waals surface area contributed by atoms with Crippen molar-refractivity contribution in [2.75, 3.05) is 35.2 Å². The van der Waals surface area contributed by atoms with Gasteiger partial charge < -0.3 is 20.9 Å². The summed E-state index contributed by atoms with van der Waals surface area (Å²) in [5.74, 6) is 1.47. The lowest BCUT2D eigenvalue weighted by Crippen LogP contribution is -2.35. The highest BCUT2D eigenvalue weighted by atomic mass is 16.2. The molecule has 1 atom stereocenters. The van der Waals surface area contributed by atoms with Gasteiger partial charge >= 0.3 is 0 Å². The van der Waals surface area contributed by atoms with E-state index >= 15 is 0 Å². The molecule has 3 N–H and O–H groups in total. The summed E-state index contributed by atoms with van der Waals surface area (Å²) in [6.45, 7) is 7.36. The quantitative estimate of drug-likeness (QED) is 0.444. The van der Waals surface area contributed by atoms with E-state index in [9.17, 15) is 9.59 Å². The van der Waals surface area contributed by atoms with Crippen LogP contribution in [0.3, 0.4) is 0 Å². The number of aryl methyl sites for hydroxylation is 3. The van der Waals surface area contributed by atoms with Crippen molar-refractivity contribution >= 4 is 35.0 Å². The first-order valence-corrected chi connectivity index (χ1v) is 11.3. The summed E-state index contributed by atoms with van der Waals surface area (Å²) in [7, 11) is 0. The van der Waals surface area contributed by atoms with E-state index in [-0.39, 0.29) is 24.2 Å². The van der Waals surface area contributed by atoms with E-state index < -0.39 is 0 Å². The van der Waals surface area contributed by atoms with Gasteiger partial charge in [-0.2, -0.15) is 0 Å². The molecule has 0 radical (unpaired) electrons. The van der Waals surface area contributed by atoms with Gasteiger partial charge in [-0.25, -0.2) is 15.0 Å². The number of carbonyl (C=O) groups excluding carboxylic acids is 2. The van der Waals surface area contributed by atoms with Crippen LogP contribution >= 0.6 is 0 Å². The number of hydrogen-bond donors (Lipinski definition) is 3. The summed E-state index contributed by atoms with van der Waals surface area (Å²) in [5.41, 5.74) is 4.25. The van der Waals surface area contributed by atoms with Crippen molar-refractivity contribution in [3.05, 3.63) is 65.6 Å². The maximum absolute atomic E-state index is 12.6. The van der Waals surface area contributed by atoms with Gasteiger partial charge in [-0.1, -0.05) is 6.07 Å². The Morgan fingerprint density at radius 3 is 2.56 bits per heavy atom. The molecule has 9 heteroatoms. The Hall–Kier alpha value is -4.01. The average Bonchev–Trinajstić information content (AvgIpc) is 3.20. The van der Waals surface area contributed by atoms with E-state index in [2.05, 4.69) is 30.9 Å². The Balaban J connectivity index is 1.24. The Labute approximate surface area is 199 Å². The molecular formula is C25H29N7O2. The van der Waals surface area contributed by atoms with Crippen LogP contribution in [0, 0.1) is 26.7 Å². The summed E-state index contributed by atoms with van der Waals surface area (Å²) in [6, 6.07) is 11.6. The largest absolute Gasteiger partial charge is 0.368 e. The second-order valence-corrected chi connectivity index (χ2v) is 8.52. The standard InChI is InChI=1S/C25H29N7O2/c1-16-6-7-26-22(10-16)31-23-13-21(29-15-30-23)27-8-9-28-25(34)19-12-24(33)32(14-19)20-5-4-17(2)18(3)11-20/h4-7,10-11,13,15,19H,8-9,12,14H2,1-3H3,(H,28,34)(H2,26,27,29,30,31). The molecule has 176 valence electrons. The van der Waals surface area contributed by atoms with E-state index in [0.717, 1.165) is 16.8 Å². The Bertz CT molecular complexity index is 1200. The van der Waals surface area contributed by atoms with E-state index in [0.29, 0.717) is 37.1 Å². The number of anilines is 4. The molecule has 0 saturated carbocycles. The minimum atomic E-state index is -0.356. The number of hydrogen-bond acceptors (Lipinski definition) is 7. The van der Waals surface area contributed by atoms with Crippen LogP contribution in [0.25, 0.3) is 0 Å². The summed E-state index contributed by atoms with van der Waals surface area (Å²) >= 11 is 0. The van der Waals surface area contributed by atoms with Crippen LogP contribution in [0.2, 0.25) is 0 Å². The third-order valence-electron chi connectivity index (χ3n) is 5.87. The van der Waals surface area contributed by atoms with E-state index in [1.54, 1.807) is 17.2 Å². The van der Waals surface area contributed by atoms with Crippen LogP contribution < -0.4 is 20.9 Å². The van der Waals surface area contributed by atoms with Crippen LogP contribution in [0.4, 0.5) is 23.1 Å². The second kappa shape index (κ2) is 10.3. The van der Waals surface area contributed by atoms with Gasteiger partial charge in [0, 0.05) is 44.0 Å². The van der Waals surface area contributed by atoms with Crippen molar-refractivity contribution in [2.24, 2.45) is 5.92 Å². The molecule has 3 aromatic rings. The molecule has 1 aromatic carbocycles. The average molecular weight is 460 g/mol. The molecule has 1 unspecified atom stereocenters. The van der Waals surface area contributed by atoms with Gasteiger partial charge in [0.25, 0.3) is 0 Å². The minimum Gasteiger partial charge on any atom is -0.368 e. The molecule has 0 aliphatic carbocycles. The smallest absolute Gasteiger partial charge is 0.227 e. The maximum atomic E-state index is 12.6. The molecule has 1 fully saturated rings. The van der Waals surface area contributed by atoms with E-state index in [1.807, 2.05) is 51.1 Å². The lowest BCUT2D eigenvalue weighted by molar-refractivity contribution is -0.126. The lowest BCUT2D eigenvalue weighted by atomic mass is 10.1. The Kier molecular flexibility index (Phi) is 7.01. The van der Waals surface area contributed by atoms with Gasteiger partial charge in [0.1, 0.15) is 23.8 Å². The van der Waals surface area contributed by atoms with Gasteiger partial charge in [0.15, 0.2) is 0 Å². The van der Waals surface area contributed by atoms with Gasteiger partial charge in [-0.05, 0) is 61.7 Å². The highest BCUT2D eigenvalue weighted by Crippen LogP contribution is 2.27. The minimum absolute atomic E-state index is 0.0226. The number of amides is 2. The first-order chi connectivity index (χ1) is 16.4. The zero-order chi connectivity index (χ0) is 24.1. The van der Waals surface area contributed by atoms with Crippen molar-refractivity contribution in [2.45, 2.75) is 27.2 Å². The fraction of sp³-hybridized carbons (Fsp3) is 0.320. The van der Waals surface area contributed by atoms with Gasteiger partial charge in [-0.15, -0.1) is 0 Å². The van der Waals surface area contributed by atoms with Crippen molar-refractivity contribution in [1.82, 2.24) is 20.3 Å². The van der Waals surface area contributed by atoms with Crippen molar-refractivity contribution in [1.29, 1.82) is 0 Å². The van der Waals surface area contributed by atoms with Gasteiger partial charge in [0.2, 0.25) is 11.8 Å². The lowest BCUT2D eigenvalue weighted by Gasteiger charge is -2.18. The maximum Gasteiger partial charge on any atom is 0.227 e. The summed E-state index contributed by atoms with van der Waals surface area (Å²) in [6.07, 6.45) is 3.42. The Morgan fingerprint density at radius 1 is 0.971 bits per heavy atom. The summed E-state index contributed by atoms with van der Waals surface area (Å²) < 4.78 is 0. The predicted molar refractivity (Wildman–Crippen MR) is 132 cm³/mol. The molecule has 1 aliphatic heterocycles. The van der Waals surface area contributed by atoms with Crippen LogP contribution in [0.15, 0.2) is 48.9 Å². The second-order valence-electron chi connectivity index (χ2n) is 8.52. The topological polar surface area (TPSA) is 112 Å². The van der Waals surface area contributed by atoms with Crippen molar-refractivity contribution < 1.29 is 9.59 Å². The molecule has 9 nitrogen and oxygen atoms in total. The summed E-state index contributed by atoms with van der Waals surface area (Å²) in [5, 5.41) is 9.25. The fourth-order valence-electron chi connectivity index (χ4n) is 3.80. The van der Waals surface area contributed by atoms with Gasteiger partial charge in [-0.3, -0.25) is 9.59 Å². The molecule has 0 bridgehead atoms. The fourth-order valence-corrected chi connectivity index (χ4v) is 3.80. The molecular weight excluding hydrogens is 430 g/mol. The number of aromatic nitrogens is 3. The monoisotopic (exact) mass is 459 g/mol. The van der Waals surface area contributed by atoms with Crippen molar-refractivity contribution in [3.8, 4) is 0 Å². The third-order valence-corrected chi connectivity index (χ3v) is 5.87. The van der Waals surface area contributed by atoms with Crippen molar-refractivity contribution in [3.63, 3.8) is 0 Å². The molecule has 3 heterocycles. The van der Waals surface area contributed by atoms with Crippen LogP contribution in [-0.2, 0) is 9.59 Å². The molecule has 2 aromatic heterocycles. The van der Waals surface area contributed by atoms with Crippen LogP contribution in [0.5, 0.6) is 0 Å². The van der Waals surface area contributed by atoms with E-state index in [1.165, 1.54) is 11.9 Å². The number of nitrogens with one attached hydrogen (secondary N) is 3. The van der Waals surface area contributed by atoms with Crippen LogP contribution in [0.1, 0.15) is 23.1 Å². The summed E-state index contributed by atoms with van der Waals surface area (Å²) in [4.78, 5) is 39.5. The number of benzene rings is 1. The number of rotatable bonds is 8. The number of nitrogens with zero attached hydrogens (tertiary/aromatic N) is 4. The van der Waals surface area contributed by atoms with E-state index in [4.69, 9.17) is 0 Å². The van der Waals surface area contributed by atoms with Crippen LogP contribution in [-0.4, -0.2) is 46.4 Å². The first kappa shape index (κ1) is 23.2. The highest BCUT2D eigenvalue weighted by molar-refractivity contribution is 6.00. The number of pyridine rings is 1. The molecule has 4 rings (SSSR count). The SMILES string of the molecule is Cc1ccnc(Nc2cc(NCCNC(=O)C3CC(=O)N(c4ccc(C)c(C)c4)C3)ncn2)c1. The highest BCUT2D eigenvalue weighted by Gasteiger charge is 2.35. The molecule has 1 aliphatic rings. The zero-order valence-corrected chi connectivity index (χ0v) is 19.6. The first-order valence-electron chi connectivity index (χ1n) is 11.3. The normalized spacial score (nSPS) is 15.3. The molecule has 34 heavy (non-hydrogen) atoms. The zero-order valence-electron chi connectivity index (χ0n) is 19.6. The molecule has 1 saturated heterocycles.